The standard InChI is InChI=1S/C24H17N3O3/c1-3-16-12-17(23(28)29)14-18(13-16)26-24-25-11-10-22(27-24)30-21-9-8-15(2)19-6-4-5-7-20(19)21/h1,4-14H,2H3,(H,28,29)(H,25,26,27). The molecule has 4 aromatic rings. The summed E-state index contributed by atoms with van der Waals surface area (Å²) in [5.74, 6) is 2.67. The van der Waals surface area contributed by atoms with Gasteiger partial charge in [0.25, 0.3) is 0 Å². The first kappa shape index (κ1) is 19.0. The third kappa shape index (κ3) is 3.91. The van der Waals surface area contributed by atoms with Gasteiger partial charge in [-0.2, -0.15) is 4.98 Å². The molecule has 30 heavy (non-hydrogen) atoms. The van der Waals surface area contributed by atoms with Crippen LogP contribution in [0.15, 0.2) is 66.9 Å². The van der Waals surface area contributed by atoms with E-state index in [1.807, 2.05) is 36.4 Å². The highest BCUT2D eigenvalue weighted by molar-refractivity contribution is 5.91. The molecule has 3 aromatic carbocycles. The number of fused-ring (bicyclic) bond motifs is 1. The molecule has 0 atom stereocenters. The van der Waals surface area contributed by atoms with Gasteiger partial charge in [-0.1, -0.05) is 36.3 Å². The monoisotopic (exact) mass is 395 g/mol. The number of carbonyl (C=O) groups is 1. The molecule has 0 bridgehead atoms. The molecule has 2 N–H and O–H groups in total. The summed E-state index contributed by atoms with van der Waals surface area (Å²) in [5.41, 5.74) is 2.15. The van der Waals surface area contributed by atoms with Gasteiger partial charge in [-0.3, -0.25) is 0 Å². The number of aromatic carboxylic acids is 1. The zero-order valence-electron chi connectivity index (χ0n) is 16.1. The van der Waals surface area contributed by atoms with Crippen LogP contribution in [0.4, 0.5) is 11.6 Å². The van der Waals surface area contributed by atoms with E-state index in [0.717, 1.165) is 16.3 Å². The Hall–Kier alpha value is -4.37. The van der Waals surface area contributed by atoms with E-state index in [9.17, 15) is 9.90 Å². The second-order valence-electron chi connectivity index (χ2n) is 6.62. The number of benzene rings is 3. The third-order valence-corrected chi connectivity index (χ3v) is 4.55. The summed E-state index contributed by atoms with van der Waals surface area (Å²) < 4.78 is 6.01. The van der Waals surface area contributed by atoms with Crippen molar-refractivity contribution in [3.8, 4) is 24.0 Å². The first-order valence-corrected chi connectivity index (χ1v) is 9.15. The van der Waals surface area contributed by atoms with Crippen LogP contribution >= 0.6 is 0 Å². The van der Waals surface area contributed by atoms with Crippen molar-refractivity contribution in [3.63, 3.8) is 0 Å². The van der Waals surface area contributed by atoms with Crippen molar-refractivity contribution in [1.29, 1.82) is 0 Å². The Morgan fingerprint density at radius 1 is 1.10 bits per heavy atom. The van der Waals surface area contributed by atoms with Gasteiger partial charge in [-0.05, 0) is 42.1 Å². The molecule has 6 nitrogen and oxygen atoms in total. The van der Waals surface area contributed by atoms with E-state index in [4.69, 9.17) is 11.2 Å². The highest BCUT2D eigenvalue weighted by Gasteiger charge is 2.10. The van der Waals surface area contributed by atoms with Gasteiger partial charge < -0.3 is 15.2 Å². The summed E-state index contributed by atoms with van der Waals surface area (Å²) in [7, 11) is 0. The molecule has 0 fully saturated rings. The highest BCUT2D eigenvalue weighted by Crippen LogP contribution is 2.31. The molecule has 0 aliphatic heterocycles. The Morgan fingerprint density at radius 2 is 1.90 bits per heavy atom. The molecule has 0 aliphatic rings. The number of hydrogen-bond donors (Lipinski definition) is 2. The van der Waals surface area contributed by atoms with Crippen LogP contribution in [0.3, 0.4) is 0 Å². The maximum absolute atomic E-state index is 11.3. The van der Waals surface area contributed by atoms with Gasteiger partial charge in [0, 0.05) is 28.9 Å². The molecule has 146 valence electrons. The molecule has 1 heterocycles. The molecule has 0 spiro atoms. The van der Waals surface area contributed by atoms with E-state index < -0.39 is 5.97 Å². The molecule has 0 aliphatic carbocycles. The van der Waals surface area contributed by atoms with Crippen LogP contribution in [-0.4, -0.2) is 21.0 Å². The first-order valence-electron chi connectivity index (χ1n) is 9.15. The fourth-order valence-electron chi connectivity index (χ4n) is 3.12. The average Bonchev–Trinajstić information content (AvgIpc) is 2.76. The van der Waals surface area contributed by atoms with Gasteiger partial charge in [-0.25, -0.2) is 9.78 Å². The fraction of sp³-hybridized carbons (Fsp3) is 0.0417. The van der Waals surface area contributed by atoms with Gasteiger partial charge in [0.05, 0.1) is 5.56 Å². The zero-order chi connectivity index (χ0) is 21.1. The SMILES string of the molecule is C#Cc1cc(Nc2nccc(Oc3ccc(C)c4ccccc34)n2)cc(C(=O)O)c1. The number of carboxylic acid groups (broad SMARTS) is 1. The lowest BCUT2D eigenvalue weighted by Gasteiger charge is -2.11. The van der Waals surface area contributed by atoms with E-state index in [-0.39, 0.29) is 11.5 Å². The number of nitrogens with one attached hydrogen (secondary N) is 1. The fourth-order valence-corrected chi connectivity index (χ4v) is 3.12. The molecular formula is C24H17N3O3. The largest absolute Gasteiger partial charge is 0.478 e. The van der Waals surface area contributed by atoms with Crippen LogP contribution in [0.1, 0.15) is 21.5 Å². The van der Waals surface area contributed by atoms with Gasteiger partial charge in [0.2, 0.25) is 11.8 Å². The number of rotatable bonds is 5. The second kappa shape index (κ2) is 7.94. The Kier molecular flexibility index (Phi) is 5.02. The predicted molar refractivity (Wildman–Crippen MR) is 115 cm³/mol. The lowest BCUT2D eigenvalue weighted by atomic mass is 10.1. The molecule has 0 radical (unpaired) electrons. The quantitative estimate of drug-likeness (QED) is 0.455. The number of hydrogen-bond acceptors (Lipinski definition) is 5. The van der Waals surface area contributed by atoms with Crippen LogP contribution in [0.25, 0.3) is 10.8 Å². The minimum atomic E-state index is -1.07. The molecule has 0 amide bonds. The summed E-state index contributed by atoms with van der Waals surface area (Å²) in [6.45, 7) is 2.05. The van der Waals surface area contributed by atoms with Crippen molar-refractivity contribution in [2.24, 2.45) is 0 Å². The molecule has 1 aromatic heterocycles. The molecule has 0 saturated heterocycles. The van der Waals surface area contributed by atoms with Crippen LogP contribution in [0, 0.1) is 19.3 Å². The number of nitrogens with zero attached hydrogens (tertiary/aromatic N) is 2. The van der Waals surface area contributed by atoms with Gasteiger partial charge in [-0.15, -0.1) is 6.42 Å². The topological polar surface area (TPSA) is 84.3 Å². The zero-order valence-corrected chi connectivity index (χ0v) is 16.1. The molecular weight excluding hydrogens is 378 g/mol. The first-order chi connectivity index (χ1) is 14.5. The van der Waals surface area contributed by atoms with Crippen molar-refractivity contribution in [2.75, 3.05) is 5.32 Å². The van der Waals surface area contributed by atoms with E-state index >= 15 is 0 Å². The maximum Gasteiger partial charge on any atom is 0.335 e. The maximum atomic E-state index is 11.3. The third-order valence-electron chi connectivity index (χ3n) is 4.55. The van der Waals surface area contributed by atoms with Gasteiger partial charge in [0.15, 0.2) is 0 Å². The van der Waals surface area contributed by atoms with Crippen LogP contribution in [0.5, 0.6) is 11.6 Å². The lowest BCUT2D eigenvalue weighted by molar-refractivity contribution is 0.0697. The van der Waals surface area contributed by atoms with Crippen molar-refractivity contribution < 1.29 is 14.6 Å². The van der Waals surface area contributed by atoms with Crippen molar-refractivity contribution >= 4 is 28.4 Å². The summed E-state index contributed by atoms with van der Waals surface area (Å²) in [6.07, 6.45) is 6.98. The number of terminal acetylenes is 1. The average molecular weight is 395 g/mol. The summed E-state index contributed by atoms with van der Waals surface area (Å²) in [5, 5.41) is 14.3. The number of ether oxygens (including phenoxy) is 1. The van der Waals surface area contributed by atoms with Gasteiger partial charge in [0.1, 0.15) is 5.75 Å². The second-order valence-corrected chi connectivity index (χ2v) is 6.62. The molecule has 4 rings (SSSR count). The number of anilines is 2. The van der Waals surface area contributed by atoms with Crippen LogP contribution < -0.4 is 10.1 Å². The smallest absolute Gasteiger partial charge is 0.335 e. The minimum absolute atomic E-state index is 0.0754. The van der Waals surface area contributed by atoms with E-state index in [1.165, 1.54) is 12.1 Å². The lowest BCUT2D eigenvalue weighted by Crippen LogP contribution is -2.02. The Bertz CT molecular complexity index is 1310. The Labute approximate surface area is 173 Å². The van der Waals surface area contributed by atoms with E-state index in [0.29, 0.717) is 22.9 Å². The summed E-state index contributed by atoms with van der Waals surface area (Å²) >= 11 is 0. The highest BCUT2D eigenvalue weighted by atomic mass is 16.5. The molecule has 0 unspecified atom stereocenters. The van der Waals surface area contributed by atoms with E-state index in [2.05, 4.69) is 28.1 Å². The van der Waals surface area contributed by atoms with Crippen molar-refractivity contribution in [3.05, 3.63) is 83.6 Å². The Balaban J connectivity index is 1.63. The number of aryl methyl sites for hydroxylation is 1. The van der Waals surface area contributed by atoms with E-state index in [1.54, 1.807) is 18.3 Å². The number of aromatic nitrogens is 2. The Morgan fingerprint density at radius 3 is 2.67 bits per heavy atom. The normalized spacial score (nSPS) is 10.4. The minimum Gasteiger partial charge on any atom is -0.478 e. The summed E-state index contributed by atoms with van der Waals surface area (Å²) in [4.78, 5) is 19.9. The number of carboxylic acids is 1. The van der Waals surface area contributed by atoms with Crippen molar-refractivity contribution in [1.82, 2.24) is 9.97 Å². The predicted octanol–water partition coefficient (Wildman–Crippen LogP) is 5.15. The van der Waals surface area contributed by atoms with Crippen LogP contribution in [-0.2, 0) is 0 Å². The van der Waals surface area contributed by atoms with Gasteiger partial charge >= 0.3 is 5.97 Å². The molecule has 6 heteroatoms. The molecule has 0 saturated carbocycles. The summed E-state index contributed by atoms with van der Waals surface area (Å²) in [6, 6.07) is 18.1. The van der Waals surface area contributed by atoms with Crippen LogP contribution in [0.2, 0.25) is 0 Å². The van der Waals surface area contributed by atoms with Crippen molar-refractivity contribution in [2.45, 2.75) is 6.92 Å².